The van der Waals surface area contributed by atoms with E-state index in [0.717, 1.165) is 5.69 Å². The summed E-state index contributed by atoms with van der Waals surface area (Å²) in [4.78, 5) is 10.5. The lowest BCUT2D eigenvalue weighted by molar-refractivity contribution is -0.307. The fraction of sp³-hybridized carbons (Fsp3) is 0.222. The molecule has 0 N–H and O–H groups in total. The van der Waals surface area contributed by atoms with Crippen molar-refractivity contribution >= 4 is 17.9 Å². The van der Waals surface area contributed by atoms with Gasteiger partial charge in [0.2, 0.25) is 0 Å². The number of hydrazone groups is 1. The number of hydrogen-bond acceptors (Lipinski definition) is 5. The van der Waals surface area contributed by atoms with Gasteiger partial charge in [-0.2, -0.15) is 5.10 Å². The fourth-order valence-corrected chi connectivity index (χ4v) is 2.03. The first-order chi connectivity index (χ1) is 11.1. The molecule has 0 aliphatic rings. The predicted octanol–water partition coefficient (Wildman–Crippen LogP) is 1.98. The number of benzene rings is 2. The summed E-state index contributed by atoms with van der Waals surface area (Å²) in [6.07, 6.45) is 1.66. The summed E-state index contributed by atoms with van der Waals surface area (Å²) in [7, 11) is 0. The van der Waals surface area contributed by atoms with Crippen molar-refractivity contribution in [2.24, 2.45) is 5.10 Å². The minimum atomic E-state index is -1.26. The van der Waals surface area contributed by atoms with Crippen LogP contribution in [0.1, 0.15) is 18.1 Å². The van der Waals surface area contributed by atoms with E-state index >= 15 is 0 Å². The van der Waals surface area contributed by atoms with E-state index in [9.17, 15) is 9.90 Å². The van der Waals surface area contributed by atoms with Gasteiger partial charge in [0, 0.05) is 12.1 Å². The quantitative estimate of drug-likeness (QED) is 0.579. The maximum Gasteiger partial charge on any atom is 0.128 e. The Kier molecular flexibility index (Phi) is 5.74. The smallest absolute Gasteiger partial charge is 0.128 e. The summed E-state index contributed by atoms with van der Waals surface area (Å²) in [5, 5.41) is 16.9. The van der Waals surface area contributed by atoms with Gasteiger partial charge in [-0.1, -0.05) is 29.8 Å². The van der Waals surface area contributed by atoms with Crippen LogP contribution in [0.5, 0.6) is 5.75 Å². The summed E-state index contributed by atoms with van der Waals surface area (Å²) in [5.74, 6) is -0.799. The summed E-state index contributed by atoms with van der Waals surface area (Å²) >= 11 is 0. The lowest BCUT2D eigenvalue weighted by Crippen LogP contribution is -2.29. The van der Waals surface area contributed by atoms with Crippen molar-refractivity contribution < 1.29 is 14.6 Å². The topological polar surface area (TPSA) is 65.0 Å². The van der Waals surface area contributed by atoms with Gasteiger partial charge in [0.05, 0.1) is 17.9 Å². The van der Waals surface area contributed by atoms with Crippen LogP contribution in [0.25, 0.3) is 0 Å². The molecule has 2 rings (SSSR count). The largest absolute Gasteiger partial charge is 0.546 e. The first-order valence-electron chi connectivity index (χ1n) is 7.40. The van der Waals surface area contributed by atoms with Crippen LogP contribution in [-0.4, -0.2) is 25.3 Å². The molecule has 0 aromatic heterocycles. The van der Waals surface area contributed by atoms with E-state index in [-0.39, 0.29) is 0 Å². The third kappa shape index (κ3) is 4.85. The summed E-state index contributed by atoms with van der Waals surface area (Å²) in [5.41, 5.74) is 2.89. The van der Waals surface area contributed by atoms with E-state index < -0.39 is 12.6 Å². The van der Waals surface area contributed by atoms with Gasteiger partial charge in [0.25, 0.3) is 0 Å². The Labute approximate surface area is 135 Å². The molecule has 0 radical (unpaired) electrons. The Morgan fingerprint density at radius 2 is 1.91 bits per heavy atom. The molecule has 0 unspecified atom stereocenters. The zero-order valence-corrected chi connectivity index (χ0v) is 13.2. The standard InChI is InChI=1S/C18H20N2O3/c1-3-20(16-10-8-14(2)9-11-16)19-12-15-6-4-5-7-17(15)23-13-18(21)22/h4-12H,3,13H2,1-2H3,(H,21,22)/p-1/b19-12-. The van der Waals surface area contributed by atoms with Crippen molar-refractivity contribution in [2.45, 2.75) is 13.8 Å². The number of carbonyl (C=O) groups excluding carboxylic acids is 1. The molecule has 0 aliphatic carbocycles. The van der Waals surface area contributed by atoms with Gasteiger partial charge >= 0.3 is 0 Å². The highest BCUT2D eigenvalue weighted by molar-refractivity contribution is 5.84. The first-order valence-corrected chi connectivity index (χ1v) is 7.40. The second-order valence-corrected chi connectivity index (χ2v) is 4.99. The Bertz CT molecular complexity index is 681. The van der Waals surface area contributed by atoms with E-state index in [1.165, 1.54) is 5.56 Å². The molecule has 23 heavy (non-hydrogen) atoms. The highest BCUT2D eigenvalue weighted by Crippen LogP contribution is 2.18. The molecule has 0 spiro atoms. The monoisotopic (exact) mass is 311 g/mol. The normalized spacial score (nSPS) is 10.7. The molecule has 0 amide bonds. The molecule has 0 saturated carbocycles. The van der Waals surface area contributed by atoms with Gasteiger partial charge in [0.1, 0.15) is 12.4 Å². The summed E-state index contributed by atoms with van der Waals surface area (Å²) in [6, 6.07) is 15.2. The van der Waals surface area contributed by atoms with Gasteiger partial charge < -0.3 is 14.6 Å². The van der Waals surface area contributed by atoms with Crippen molar-refractivity contribution in [3.63, 3.8) is 0 Å². The van der Waals surface area contributed by atoms with Crippen molar-refractivity contribution in [1.82, 2.24) is 0 Å². The third-order valence-corrected chi connectivity index (χ3v) is 3.23. The minimum absolute atomic E-state index is 0.459. The van der Waals surface area contributed by atoms with Gasteiger partial charge in [-0.3, -0.25) is 5.01 Å². The third-order valence-electron chi connectivity index (χ3n) is 3.23. The van der Waals surface area contributed by atoms with Gasteiger partial charge in [-0.15, -0.1) is 0 Å². The van der Waals surface area contributed by atoms with Gasteiger partial charge in [-0.25, -0.2) is 0 Å². The van der Waals surface area contributed by atoms with Crippen LogP contribution < -0.4 is 14.9 Å². The SMILES string of the molecule is CCN(/N=C\c1ccccc1OCC(=O)[O-])c1ccc(C)cc1. The van der Waals surface area contributed by atoms with Gasteiger partial charge in [-0.05, 0) is 38.1 Å². The molecule has 120 valence electrons. The average molecular weight is 311 g/mol. The van der Waals surface area contributed by atoms with Crippen molar-refractivity contribution in [2.75, 3.05) is 18.2 Å². The van der Waals surface area contributed by atoms with Crippen LogP contribution >= 0.6 is 0 Å². The van der Waals surface area contributed by atoms with Crippen LogP contribution in [0.15, 0.2) is 53.6 Å². The van der Waals surface area contributed by atoms with E-state index in [1.54, 1.807) is 18.3 Å². The molecule has 2 aromatic carbocycles. The number of carbonyl (C=O) groups is 1. The van der Waals surface area contributed by atoms with Crippen molar-refractivity contribution in [1.29, 1.82) is 0 Å². The molecule has 0 heterocycles. The van der Waals surface area contributed by atoms with Crippen LogP contribution in [0.3, 0.4) is 0 Å². The van der Waals surface area contributed by atoms with Crippen LogP contribution in [0, 0.1) is 6.92 Å². The summed E-state index contributed by atoms with van der Waals surface area (Å²) < 4.78 is 5.21. The number of anilines is 1. The van der Waals surface area contributed by atoms with E-state index in [4.69, 9.17) is 4.74 Å². The molecular weight excluding hydrogens is 292 g/mol. The molecule has 0 saturated heterocycles. The zero-order chi connectivity index (χ0) is 16.7. The number of nitrogens with zero attached hydrogens (tertiary/aromatic N) is 2. The second kappa shape index (κ2) is 7.98. The average Bonchev–Trinajstić information content (AvgIpc) is 2.56. The van der Waals surface area contributed by atoms with Crippen LogP contribution in [0.2, 0.25) is 0 Å². The number of rotatable bonds is 7. The Morgan fingerprint density at radius 3 is 2.57 bits per heavy atom. The van der Waals surface area contributed by atoms with Gasteiger partial charge in [0.15, 0.2) is 0 Å². The number of carboxylic acids is 1. The maximum absolute atomic E-state index is 10.5. The molecule has 0 atom stereocenters. The molecule has 0 bridgehead atoms. The number of aryl methyl sites for hydroxylation is 1. The van der Waals surface area contributed by atoms with Crippen LogP contribution in [0.4, 0.5) is 5.69 Å². The Morgan fingerprint density at radius 1 is 1.22 bits per heavy atom. The zero-order valence-electron chi connectivity index (χ0n) is 13.2. The van der Waals surface area contributed by atoms with Crippen LogP contribution in [-0.2, 0) is 4.79 Å². The fourth-order valence-electron chi connectivity index (χ4n) is 2.03. The van der Waals surface area contributed by atoms with Crippen molar-refractivity contribution in [3.8, 4) is 5.75 Å². The Hall–Kier alpha value is -2.82. The lowest BCUT2D eigenvalue weighted by atomic mass is 10.2. The molecule has 5 heteroatoms. The molecule has 0 fully saturated rings. The second-order valence-electron chi connectivity index (χ2n) is 4.99. The molecule has 2 aromatic rings. The highest BCUT2D eigenvalue weighted by Gasteiger charge is 2.04. The first kappa shape index (κ1) is 16.5. The Balaban J connectivity index is 2.17. The van der Waals surface area contributed by atoms with E-state index in [2.05, 4.69) is 5.10 Å². The summed E-state index contributed by atoms with van der Waals surface area (Å²) in [6.45, 7) is 4.27. The minimum Gasteiger partial charge on any atom is -0.546 e. The maximum atomic E-state index is 10.5. The molecule has 0 aliphatic heterocycles. The highest BCUT2D eigenvalue weighted by atomic mass is 16.5. The van der Waals surface area contributed by atoms with E-state index in [1.807, 2.05) is 55.3 Å². The van der Waals surface area contributed by atoms with Crippen molar-refractivity contribution in [3.05, 3.63) is 59.7 Å². The molecular formula is C18H19N2O3-. The number of para-hydroxylation sites is 1. The van der Waals surface area contributed by atoms with E-state index in [0.29, 0.717) is 17.9 Å². The number of carboxylic acid groups (broad SMARTS) is 1. The lowest BCUT2D eigenvalue weighted by Gasteiger charge is -2.17. The molecule has 5 nitrogen and oxygen atoms in total. The number of aliphatic carboxylic acids is 1. The number of ether oxygens (including phenoxy) is 1. The predicted molar refractivity (Wildman–Crippen MR) is 88.7 cm³/mol. The number of hydrogen-bond donors (Lipinski definition) is 0.